The number of carboxylic acids is 2. The van der Waals surface area contributed by atoms with E-state index in [-0.39, 0.29) is 67.0 Å². The molecule has 488 valence electrons. The summed E-state index contributed by atoms with van der Waals surface area (Å²) in [5.41, 5.74) is 2.60. The summed E-state index contributed by atoms with van der Waals surface area (Å²) in [6.07, 6.45) is 0.0194. The third-order valence-electron chi connectivity index (χ3n) is 15.7. The Morgan fingerprint density at radius 3 is 2.16 bits per heavy atom. The molecule has 1 saturated carbocycles. The highest BCUT2D eigenvalue weighted by molar-refractivity contribution is 7.15. The fourth-order valence-electron chi connectivity index (χ4n) is 10.6. The molecule has 1 unspecified atom stereocenters. The van der Waals surface area contributed by atoms with Crippen molar-refractivity contribution in [2.24, 2.45) is 11.8 Å². The van der Waals surface area contributed by atoms with Crippen LogP contribution in [0.2, 0.25) is 0 Å². The number of aryl methyl sites for hydroxylation is 1. The number of hydrogen-bond acceptors (Lipinski definition) is 24. The Balaban J connectivity index is 1.03. The Morgan fingerprint density at radius 1 is 0.720 bits per heavy atom. The van der Waals surface area contributed by atoms with Gasteiger partial charge in [-0.15, -0.1) is 68.0 Å². The van der Waals surface area contributed by atoms with Crippen LogP contribution in [-0.2, 0) is 35.3 Å². The molecular formula is C62H66N12O13S6. The number of methoxy groups -OCH3 is 1. The molecule has 31 heteroatoms. The van der Waals surface area contributed by atoms with E-state index >= 15 is 0 Å². The van der Waals surface area contributed by atoms with E-state index in [9.17, 15) is 53.7 Å². The number of aliphatic hydroxyl groups is 1. The van der Waals surface area contributed by atoms with Gasteiger partial charge in [0.05, 0.1) is 47.1 Å². The molecule has 10 bridgehead atoms. The van der Waals surface area contributed by atoms with Gasteiger partial charge in [-0.05, 0) is 69.1 Å². The highest BCUT2D eigenvalue weighted by Crippen LogP contribution is 2.41. The van der Waals surface area contributed by atoms with Crippen molar-refractivity contribution in [3.63, 3.8) is 0 Å². The topological polar surface area (TPSA) is 357 Å². The Hall–Kier alpha value is -8.17. The van der Waals surface area contributed by atoms with Crippen LogP contribution in [-0.4, -0.2) is 131 Å². The van der Waals surface area contributed by atoms with E-state index in [1.807, 2.05) is 13.8 Å². The summed E-state index contributed by atoms with van der Waals surface area (Å²) in [5, 5.41) is 51.1. The largest absolute Gasteiger partial charge is 0.481 e. The van der Waals surface area contributed by atoms with Crippen LogP contribution in [0.25, 0.3) is 43.4 Å². The molecule has 0 saturated heterocycles. The minimum atomic E-state index is -1.30. The Labute approximate surface area is 557 Å². The van der Waals surface area contributed by atoms with Crippen molar-refractivity contribution in [1.82, 2.24) is 56.2 Å². The van der Waals surface area contributed by atoms with Crippen LogP contribution < -0.4 is 26.2 Å². The fourth-order valence-corrected chi connectivity index (χ4v) is 16.2. The number of carboxylic acid groups (broad SMARTS) is 2. The van der Waals surface area contributed by atoms with Crippen LogP contribution >= 0.6 is 68.0 Å². The average Bonchev–Trinajstić information content (AvgIpc) is 1.75. The standard InChI is InChI=1S/C62H66N12O13S6/c1-30(2)36-22-42(75)48-31(3)92-59(72-48)38(23-45(76)63-4)66-53(81)40-27-88-55(68-40)35-19-20-37(57-70-44(29-91-57)74(21-11-7-10-14-47(78)79)62(85)87-34-17-15-33(16-18-34)61(83)84)65-49(35)39-26-89-58(67-39)41-28-90-60(69-41)51(52(80)32-12-8-6-9-13-32)71-46(77)24-64-54(82)50-43(25-86-5)93-56(36)73-50/h6,8-9,12-13,19-20,26-30,33-34,36,38,51-52,80H,7,10-11,14-18,21-25H2,1-5H3,(H,63,76)(H,64,82)(H,66,81)(H,71,77)(H,78,79)(H,83,84)/t33?,34?,36?,38-,51-,52-/m0/s1. The Morgan fingerprint density at radius 2 is 1.43 bits per heavy atom. The Kier molecular flexibility index (Phi) is 22.4. The number of carbonyl (C=O) groups excluding carboxylic acids is 6. The molecule has 2 aliphatic rings. The predicted octanol–water partition coefficient (Wildman–Crippen LogP) is 10.4. The zero-order chi connectivity index (χ0) is 66.0. The van der Waals surface area contributed by atoms with Crippen LogP contribution in [0.4, 0.5) is 10.6 Å². The molecule has 5 amide bonds. The summed E-state index contributed by atoms with van der Waals surface area (Å²) in [6.45, 7) is 5.26. The van der Waals surface area contributed by atoms with Crippen molar-refractivity contribution in [2.75, 3.05) is 32.1 Å². The lowest BCUT2D eigenvalue weighted by molar-refractivity contribution is -0.143. The summed E-state index contributed by atoms with van der Waals surface area (Å²) in [5.74, 6) is -5.38. The number of fused-ring (bicyclic) bond motifs is 14. The van der Waals surface area contributed by atoms with Crippen LogP contribution in [0.1, 0.15) is 164 Å². The van der Waals surface area contributed by atoms with Gasteiger partial charge in [-0.3, -0.25) is 38.5 Å². The second-order valence-electron chi connectivity index (χ2n) is 22.5. The Bertz CT molecular complexity index is 4040. The van der Waals surface area contributed by atoms with Gasteiger partial charge < -0.3 is 46.1 Å². The van der Waals surface area contributed by atoms with Crippen molar-refractivity contribution >= 4 is 121 Å². The maximum atomic E-state index is 14.4. The number of benzene rings is 1. The molecule has 10 rings (SSSR count). The second-order valence-corrected chi connectivity index (χ2v) is 28.3. The van der Waals surface area contributed by atoms with E-state index in [0.717, 1.165) is 11.3 Å². The third-order valence-corrected chi connectivity index (χ3v) is 21.4. The molecular weight excluding hydrogens is 1310 g/mol. The molecule has 1 aliphatic heterocycles. The van der Waals surface area contributed by atoms with E-state index in [4.69, 9.17) is 44.4 Å². The number of aromatic nitrogens is 7. The summed E-state index contributed by atoms with van der Waals surface area (Å²) < 4.78 is 11.4. The van der Waals surface area contributed by atoms with Crippen LogP contribution in [0, 0.1) is 18.8 Å². The van der Waals surface area contributed by atoms with Gasteiger partial charge in [0.1, 0.15) is 83.3 Å². The summed E-state index contributed by atoms with van der Waals surface area (Å²) in [4.78, 5) is 144. The van der Waals surface area contributed by atoms with Gasteiger partial charge in [0, 0.05) is 71.4 Å². The van der Waals surface area contributed by atoms with E-state index < -0.39 is 84.3 Å². The molecule has 1 fully saturated rings. The summed E-state index contributed by atoms with van der Waals surface area (Å²) in [6, 6.07) is 10.1. The first kappa shape index (κ1) is 67.7. The molecule has 93 heavy (non-hydrogen) atoms. The number of rotatable bonds is 17. The molecule has 1 aromatic carbocycles. The van der Waals surface area contributed by atoms with Gasteiger partial charge in [-0.1, -0.05) is 50.6 Å². The number of pyridine rings is 1. The predicted molar refractivity (Wildman–Crippen MR) is 352 cm³/mol. The maximum Gasteiger partial charge on any atom is 0.415 e. The smallest absolute Gasteiger partial charge is 0.415 e. The molecule has 7 N–H and O–H groups in total. The molecule has 7 aromatic heterocycles. The summed E-state index contributed by atoms with van der Waals surface area (Å²) >= 11 is 7.17. The zero-order valence-electron chi connectivity index (χ0n) is 51.0. The molecule has 25 nitrogen and oxygen atoms in total. The van der Waals surface area contributed by atoms with Gasteiger partial charge in [0.2, 0.25) is 11.8 Å². The first-order chi connectivity index (χ1) is 44.7. The van der Waals surface area contributed by atoms with Gasteiger partial charge in [-0.2, -0.15) is 0 Å². The first-order valence-electron chi connectivity index (χ1n) is 29.8. The van der Waals surface area contributed by atoms with Crippen LogP contribution in [0.5, 0.6) is 0 Å². The van der Waals surface area contributed by atoms with Crippen molar-refractivity contribution in [3.05, 3.63) is 111 Å². The highest BCUT2D eigenvalue weighted by Gasteiger charge is 2.35. The second kappa shape index (κ2) is 30.7. The number of aliphatic carboxylic acids is 2. The number of anilines is 1. The SMILES string of the molecule is CNC(=O)C[C@@H]1NC(=O)c2csc(n2)-c2ccc(-c3nc(N(CCCCCC(=O)O)C(=O)OC4CCC(C(=O)O)CC4)cs3)nc2-c2csc(n2)-c2csc(n2)[C@H]([C@@H](O)c2ccccc2)NC(=O)CNC(=O)c2nc(sc2COC)C(C(C)C)CC(=O)c2nc1sc2C. The number of amides is 5. The van der Waals surface area contributed by atoms with Gasteiger partial charge in [0.25, 0.3) is 11.8 Å². The van der Waals surface area contributed by atoms with Crippen molar-refractivity contribution in [1.29, 1.82) is 0 Å². The average molecular weight is 1380 g/mol. The van der Waals surface area contributed by atoms with E-state index in [1.165, 1.54) is 75.7 Å². The molecule has 8 heterocycles. The number of nitrogens with zero attached hydrogens (tertiary/aromatic N) is 8. The number of thiazole rings is 6. The van der Waals surface area contributed by atoms with Gasteiger partial charge >= 0.3 is 18.0 Å². The van der Waals surface area contributed by atoms with Crippen LogP contribution in [0.3, 0.4) is 0 Å². The lowest BCUT2D eigenvalue weighted by atomic mass is 9.87. The third kappa shape index (κ3) is 16.4. The van der Waals surface area contributed by atoms with Crippen molar-refractivity contribution < 1.29 is 63.1 Å². The minimum Gasteiger partial charge on any atom is -0.481 e. The minimum absolute atomic E-state index is 0.00678. The first-order valence-corrected chi connectivity index (χ1v) is 35.0. The number of hydrogen-bond donors (Lipinski definition) is 7. The molecule has 1 aliphatic carbocycles. The monoisotopic (exact) mass is 1380 g/mol. The zero-order valence-corrected chi connectivity index (χ0v) is 55.9. The van der Waals surface area contributed by atoms with Gasteiger partial charge in [0.15, 0.2) is 5.78 Å². The van der Waals surface area contributed by atoms with Crippen molar-refractivity contribution in [3.8, 4) is 43.4 Å². The number of unbranched alkanes of at least 4 members (excludes halogenated alkanes) is 2. The molecule has 0 radical (unpaired) electrons. The molecule has 4 atom stereocenters. The number of aliphatic hydroxyl groups excluding tert-OH is 1. The quantitative estimate of drug-likeness (QED) is 0.0416. The number of carbonyl (C=O) groups is 8. The summed E-state index contributed by atoms with van der Waals surface area (Å²) in [7, 11) is 2.95. The van der Waals surface area contributed by atoms with Crippen molar-refractivity contribution in [2.45, 2.75) is 122 Å². The number of nitrogens with one attached hydrogen (secondary N) is 4. The molecule has 8 aromatic rings. The number of ketones is 1. The molecule has 0 spiro atoms. The number of ether oxygens (including phenoxy) is 2. The highest BCUT2D eigenvalue weighted by atomic mass is 32.1. The van der Waals surface area contributed by atoms with Gasteiger partial charge in [-0.25, -0.2) is 39.7 Å². The van der Waals surface area contributed by atoms with E-state index in [2.05, 4.69) is 21.3 Å². The van der Waals surface area contributed by atoms with Crippen LogP contribution in [0.15, 0.2) is 64.0 Å². The van der Waals surface area contributed by atoms with E-state index in [1.54, 1.807) is 70.9 Å². The number of Topliss-reactive ketones (excluding diaryl/α,β-unsaturated/α-hetero) is 1. The maximum absolute atomic E-state index is 14.4. The lowest BCUT2D eigenvalue weighted by Crippen LogP contribution is -2.40. The lowest BCUT2D eigenvalue weighted by Gasteiger charge is -2.28. The fraction of sp³-hybridized carbons (Fsp3) is 0.403. The normalized spacial score (nSPS) is 18.4. The van der Waals surface area contributed by atoms with E-state index in [0.29, 0.717) is 119 Å².